The van der Waals surface area contributed by atoms with Crippen molar-refractivity contribution >= 4 is 0 Å². The second-order valence-corrected chi connectivity index (χ2v) is 5.41. The maximum absolute atomic E-state index is 6.18. The molecule has 0 saturated carbocycles. The first-order valence-electron chi connectivity index (χ1n) is 7.91. The Hall–Kier alpha value is -1.06. The number of para-hydroxylation sites is 1. The van der Waals surface area contributed by atoms with Crippen molar-refractivity contribution in [3.63, 3.8) is 0 Å². The van der Waals surface area contributed by atoms with Gasteiger partial charge in [-0.3, -0.25) is 0 Å². The van der Waals surface area contributed by atoms with Crippen LogP contribution in [0.3, 0.4) is 0 Å². The summed E-state index contributed by atoms with van der Waals surface area (Å²) in [6, 6.07) is 8.77. The summed E-state index contributed by atoms with van der Waals surface area (Å²) in [6.45, 7) is 7.04. The molecule has 1 fully saturated rings. The molecule has 20 heavy (non-hydrogen) atoms. The van der Waals surface area contributed by atoms with Gasteiger partial charge in [0.25, 0.3) is 0 Å². The summed E-state index contributed by atoms with van der Waals surface area (Å²) < 4.78 is 11.7. The van der Waals surface area contributed by atoms with Crippen LogP contribution in [0, 0.1) is 0 Å². The van der Waals surface area contributed by atoms with E-state index in [9.17, 15) is 0 Å². The van der Waals surface area contributed by atoms with Crippen LogP contribution in [0.2, 0.25) is 0 Å². The van der Waals surface area contributed by atoms with Gasteiger partial charge in [0.1, 0.15) is 11.9 Å². The fraction of sp³-hybridized carbons (Fsp3) is 0.647. The highest BCUT2D eigenvalue weighted by molar-refractivity contribution is 5.36. The summed E-state index contributed by atoms with van der Waals surface area (Å²) in [6.07, 6.45) is 4.61. The maximum atomic E-state index is 6.18. The van der Waals surface area contributed by atoms with Crippen molar-refractivity contribution in [2.45, 2.75) is 51.7 Å². The molecule has 0 aliphatic carbocycles. The Kier molecular flexibility index (Phi) is 6.34. The zero-order chi connectivity index (χ0) is 14.2. The van der Waals surface area contributed by atoms with Crippen LogP contribution in [-0.2, 0) is 4.74 Å². The quantitative estimate of drug-likeness (QED) is 0.824. The van der Waals surface area contributed by atoms with E-state index >= 15 is 0 Å². The number of hydrogen-bond acceptors (Lipinski definition) is 3. The van der Waals surface area contributed by atoms with Gasteiger partial charge in [0.05, 0.1) is 6.61 Å². The van der Waals surface area contributed by atoms with Crippen LogP contribution >= 0.6 is 0 Å². The lowest BCUT2D eigenvalue weighted by molar-refractivity contribution is 0.00682. The maximum Gasteiger partial charge on any atom is 0.124 e. The van der Waals surface area contributed by atoms with Crippen LogP contribution in [0.25, 0.3) is 0 Å². The van der Waals surface area contributed by atoms with Gasteiger partial charge in [0.2, 0.25) is 0 Å². The minimum absolute atomic E-state index is 0.202. The largest absolute Gasteiger partial charge is 0.488 e. The fourth-order valence-electron chi connectivity index (χ4n) is 2.65. The Morgan fingerprint density at radius 2 is 2.20 bits per heavy atom. The van der Waals surface area contributed by atoms with Crippen LogP contribution in [0.1, 0.15) is 51.1 Å². The molecule has 0 aromatic heterocycles. The first kappa shape index (κ1) is 15.3. The summed E-state index contributed by atoms with van der Waals surface area (Å²) in [5.41, 5.74) is 1.27. The first-order chi connectivity index (χ1) is 9.85. The van der Waals surface area contributed by atoms with Crippen LogP contribution in [0.15, 0.2) is 24.3 Å². The van der Waals surface area contributed by atoms with E-state index in [4.69, 9.17) is 9.47 Å². The molecule has 3 heteroatoms. The lowest BCUT2D eigenvalue weighted by Crippen LogP contribution is -2.29. The van der Waals surface area contributed by atoms with E-state index in [1.807, 2.05) is 0 Å². The van der Waals surface area contributed by atoms with Crippen molar-refractivity contribution in [1.82, 2.24) is 5.32 Å². The summed E-state index contributed by atoms with van der Waals surface area (Å²) in [7, 11) is 0. The molecular formula is C17H27NO2. The molecular weight excluding hydrogens is 250 g/mol. The minimum atomic E-state index is 0.202. The van der Waals surface area contributed by atoms with Crippen molar-refractivity contribution in [1.29, 1.82) is 0 Å². The summed E-state index contributed by atoms with van der Waals surface area (Å²) in [5, 5.41) is 3.60. The smallest absolute Gasteiger partial charge is 0.124 e. The molecule has 2 unspecified atom stereocenters. The van der Waals surface area contributed by atoms with Crippen molar-refractivity contribution in [2.75, 3.05) is 19.8 Å². The Morgan fingerprint density at radius 1 is 1.35 bits per heavy atom. The van der Waals surface area contributed by atoms with Crippen LogP contribution in [-0.4, -0.2) is 25.9 Å². The van der Waals surface area contributed by atoms with E-state index in [1.54, 1.807) is 0 Å². The van der Waals surface area contributed by atoms with Crippen LogP contribution < -0.4 is 10.1 Å². The zero-order valence-corrected chi connectivity index (χ0v) is 12.7. The SMILES string of the molecule is CCCNC(CC)c1ccccc1OC1CCCOC1. The average molecular weight is 277 g/mol. The van der Waals surface area contributed by atoms with Crippen LogP contribution in [0.5, 0.6) is 5.75 Å². The zero-order valence-electron chi connectivity index (χ0n) is 12.7. The topological polar surface area (TPSA) is 30.5 Å². The Balaban J connectivity index is 2.07. The molecule has 1 N–H and O–H groups in total. The molecule has 1 heterocycles. The molecule has 2 atom stereocenters. The predicted molar refractivity (Wildman–Crippen MR) is 82.2 cm³/mol. The number of nitrogens with one attached hydrogen (secondary N) is 1. The molecule has 2 rings (SSSR count). The fourth-order valence-corrected chi connectivity index (χ4v) is 2.65. The summed E-state index contributed by atoms with van der Waals surface area (Å²) >= 11 is 0. The van der Waals surface area contributed by atoms with Gasteiger partial charge in [-0.2, -0.15) is 0 Å². The van der Waals surface area contributed by atoms with Gasteiger partial charge in [-0.25, -0.2) is 0 Å². The van der Waals surface area contributed by atoms with Gasteiger partial charge in [0.15, 0.2) is 0 Å². The van der Waals surface area contributed by atoms with E-state index in [0.29, 0.717) is 12.6 Å². The monoisotopic (exact) mass is 277 g/mol. The van der Waals surface area contributed by atoms with Gasteiger partial charge < -0.3 is 14.8 Å². The van der Waals surface area contributed by atoms with E-state index in [1.165, 1.54) is 5.56 Å². The minimum Gasteiger partial charge on any atom is -0.488 e. The molecule has 1 aromatic rings. The van der Waals surface area contributed by atoms with E-state index in [-0.39, 0.29) is 6.10 Å². The molecule has 0 amide bonds. The van der Waals surface area contributed by atoms with Crippen molar-refractivity contribution < 1.29 is 9.47 Å². The number of hydrogen-bond donors (Lipinski definition) is 1. The van der Waals surface area contributed by atoms with Gasteiger partial charge in [-0.15, -0.1) is 0 Å². The number of benzene rings is 1. The Bertz CT molecular complexity index is 388. The summed E-state index contributed by atoms with van der Waals surface area (Å²) in [5.74, 6) is 1.01. The standard InChI is InChI=1S/C17H27NO2/c1-3-11-18-16(4-2)15-9-5-6-10-17(15)20-14-8-7-12-19-13-14/h5-6,9-10,14,16,18H,3-4,7-8,11-13H2,1-2H3. The van der Waals surface area contributed by atoms with Gasteiger partial charge >= 0.3 is 0 Å². The third-order valence-corrected chi connectivity index (χ3v) is 3.76. The molecule has 0 radical (unpaired) electrons. The molecule has 3 nitrogen and oxygen atoms in total. The Labute approximate surface area is 122 Å². The summed E-state index contributed by atoms with van der Waals surface area (Å²) in [4.78, 5) is 0. The van der Waals surface area contributed by atoms with Crippen molar-refractivity contribution in [3.05, 3.63) is 29.8 Å². The second kappa shape index (κ2) is 8.28. The van der Waals surface area contributed by atoms with Gasteiger partial charge in [-0.05, 0) is 38.3 Å². The van der Waals surface area contributed by atoms with Crippen molar-refractivity contribution in [3.8, 4) is 5.75 Å². The first-order valence-corrected chi connectivity index (χ1v) is 7.91. The number of ether oxygens (including phenoxy) is 2. The normalized spacial score (nSPS) is 20.6. The molecule has 1 aliphatic heterocycles. The van der Waals surface area contributed by atoms with Gasteiger partial charge in [-0.1, -0.05) is 32.0 Å². The van der Waals surface area contributed by atoms with E-state index in [2.05, 4.69) is 43.4 Å². The van der Waals surface area contributed by atoms with E-state index < -0.39 is 0 Å². The van der Waals surface area contributed by atoms with Crippen molar-refractivity contribution in [2.24, 2.45) is 0 Å². The molecule has 1 aliphatic rings. The Morgan fingerprint density at radius 3 is 2.90 bits per heavy atom. The molecule has 0 spiro atoms. The molecule has 1 saturated heterocycles. The highest BCUT2D eigenvalue weighted by Crippen LogP contribution is 2.29. The highest BCUT2D eigenvalue weighted by atomic mass is 16.5. The third kappa shape index (κ3) is 4.22. The molecule has 112 valence electrons. The lowest BCUT2D eigenvalue weighted by atomic mass is 10.0. The number of rotatable bonds is 7. The second-order valence-electron chi connectivity index (χ2n) is 5.41. The predicted octanol–water partition coefficient (Wildman–Crippen LogP) is 3.70. The van der Waals surface area contributed by atoms with Gasteiger partial charge in [0, 0.05) is 18.2 Å². The lowest BCUT2D eigenvalue weighted by Gasteiger charge is -2.26. The average Bonchev–Trinajstić information content (AvgIpc) is 2.50. The van der Waals surface area contributed by atoms with Crippen LogP contribution in [0.4, 0.5) is 0 Å². The highest BCUT2D eigenvalue weighted by Gasteiger charge is 2.19. The van der Waals surface area contributed by atoms with E-state index in [0.717, 1.165) is 44.6 Å². The molecule has 1 aromatic carbocycles. The third-order valence-electron chi connectivity index (χ3n) is 3.76. The molecule has 0 bridgehead atoms.